The normalized spacial score (nSPS) is 10.6. The summed E-state index contributed by atoms with van der Waals surface area (Å²) in [6.45, 7) is 3.18. The Morgan fingerprint density at radius 3 is 2.94 bits per heavy atom. The molecule has 1 heterocycles. The van der Waals surface area contributed by atoms with Crippen LogP contribution in [0.25, 0.3) is 11.4 Å². The second-order valence-corrected chi connectivity index (χ2v) is 3.97. The van der Waals surface area contributed by atoms with Crippen molar-refractivity contribution in [2.75, 3.05) is 13.2 Å². The minimum Gasteiger partial charge on any atom is -0.494 e. The summed E-state index contributed by atoms with van der Waals surface area (Å²) in [6.07, 6.45) is 0.693. The molecule has 2 aromatic rings. The third-order valence-electron chi connectivity index (χ3n) is 2.58. The summed E-state index contributed by atoms with van der Waals surface area (Å²) in [7, 11) is 1.88. The predicted octanol–water partition coefficient (Wildman–Crippen LogP) is 1.38. The van der Waals surface area contributed by atoms with Crippen molar-refractivity contribution in [3.63, 3.8) is 0 Å². The third kappa shape index (κ3) is 2.68. The third-order valence-corrected chi connectivity index (χ3v) is 2.58. The summed E-state index contributed by atoms with van der Waals surface area (Å²) < 4.78 is 7.26. The van der Waals surface area contributed by atoms with Crippen molar-refractivity contribution in [2.24, 2.45) is 12.8 Å². The molecule has 0 atom stereocenters. The van der Waals surface area contributed by atoms with Crippen molar-refractivity contribution in [2.45, 2.75) is 13.3 Å². The Bertz CT molecular complexity index is 521. The fourth-order valence-electron chi connectivity index (χ4n) is 1.82. The van der Waals surface area contributed by atoms with Gasteiger partial charge in [-0.05, 0) is 25.6 Å². The number of ether oxygens (including phenoxy) is 1. The Kier molecular flexibility index (Phi) is 3.94. The molecule has 0 fully saturated rings. The second kappa shape index (κ2) is 5.64. The Balaban J connectivity index is 2.32. The standard InChI is InChI=1S/C13H18N4O/c1-3-18-11-6-4-5-10(9-11)13-15-12(7-8-14)16-17(13)2/h4-6,9H,3,7-8,14H2,1-2H3. The molecule has 0 unspecified atom stereocenters. The van der Waals surface area contributed by atoms with Crippen LogP contribution in [0.4, 0.5) is 0 Å². The summed E-state index contributed by atoms with van der Waals surface area (Å²) in [5.41, 5.74) is 6.51. The van der Waals surface area contributed by atoms with Gasteiger partial charge in [-0.3, -0.25) is 0 Å². The van der Waals surface area contributed by atoms with Crippen LogP contribution in [0.1, 0.15) is 12.7 Å². The number of nitrogens with two attached hydrogens (primary N) is 1. The molecular formula is C13H18N4O. The van der Waals surface area contributed by atoms with Gasteiger partial charge >= 0.3 is 0 Å². The van der Waals surface area contributed by atoms with E-state index in [-0.39, 0.29) is 0 Å². The molecule has 0 bridgehead atoms. The van der Waals surface area contributed by atoms with Gasteiger partial charge in [-0.25, -0.2) is 9.67 Å². The van der Waals surface area contributed by atoms with Crippen molar-refractivity contribution < 1.29 is 4.74 Å². The molecule has 0 radical (unpaired) electrons. The largest absolute Gasteiger partial charge is 0.494 e. The van der Waals surface area contributed by atoms with Crippen LogP contribution in [0.3, 0.4) is 0 Å². The van der Waals surface area contributed by atoms with Crippen LogP contribution in [0.5, 0.6) is 5.75 Å². The summed E-state index contributed by atoms with van der Waals surface area (Å²) in [6, 6.07) is 7.86. The second-order valence-electron chi connectivity index (χ2n) is 3.97. The lowest BCUT2D eigenvalue weighted by Crippen LogP contribution is -2.04. The predicted molar refractivity (Wildman–Crippen MR) is 70.4 cm³/mol. The topological polar surface area (TPSA) is 66.0 Å². The highest BCUT2D eigenvalue weighted by atomic mass is 16.5. The molecule has 0 saturated heterocycles. The summed E-state index contributed by atoms with van der Waals surface area (Å²) in [5, 5.41) is 4.34. The van der Waals surface area contributed by atoms with Crippen LogP contribution in [-0.4, -0.2) is 27.9 Å². The maximum atomic E-state index is 5.51. The number of hydrogen-bond acceptors (Lipinski definition) is 4. The SMILES string of the molecule is CCOc1cccc(-c2nc(CCN)nn2C)c1. The van der Waals surface area contributed by atoms with Crippen LogP contribution in [-0.2, 0) is 13.5 Å². The Morgan fingerprint density at radius 1 is 1.39 bits per heavy atom. The van der Waals surface area contributed by atoms with Gasteiger partial charge in [-0.15, -0.1) is 0 Å². The van der Waals surface area contributed by atoms with Crippen molar-refractivity contribution in [1.82, 2.24) is 14.8 Å². The smallest absolute Gasteiger partial charge is 0.158 e. The monoisotopic (exact) mass is 246 g/mol. The fraction of sp³-hybridized carbons (Fsp3) is 0.385. The van der Waals surface area contributed by atoms with Crippen molar-refractivity contribution in [1.29, 1.82) is 0 Å². The molecule has 0 amide bonds. The van der Waals surface area contributed by atoms with Gasteiger partial charge < -0.3 is 10.5 Å². The number of benzene rings is 1. The van der Waals surface area contributed by atoms with Crippen LogP contribution in [0.2, 0.25) is 0 Å². The van der Waals surface area contributed by atoms with E-state index in [0.29, 0.717) is 19.6 Å². The van der Waals surface area contributed by atoms with Gasteiger partial charge in [-0.2, -0.15) is 5.10 Å². The summed E-state index contributed by atoms with van der Waals surface area (Å²) in [4.78, 5) is 4.49. The fourth-order valence-corrected chi connectivity index (χ4v) is 1.82. The van der Waals surface area contributed by atoms with E-state index in [0.717, 1.165) is 23.0 Å². The van der Waals surface area contributed by atoms with Crippen LogP contribution in [0, 0.1) is 0 Å². The van der Waals surface area contributed by atoms with Crippen LogP contribution in [0.15, 0.2) is 24.3 Å². The van der Waals surface area contributed by atoms with Gasteiger partial charge in [0.1, 0.15) is 5.75 Å². The quantitative estimate of drug-likeness (QED) is 0.865. The lowest BCUT2D eigenvalue weighted by molar-refractivity contribution is 0.340. The van der Waals surface area contributed by atoms with Crippen LogP contribution < -0.4 is 10.5 Å². The van der Waals surface area contributed by atoms with E-state index in [4.69, 9.17) is 10.5 Å². The zero-order valence-corrected chi connectivity index (χ0v) is 10.8. The first-order valence-corrected chi connectivity index (χ1v) is 6.07. The minimum atomic E-state index is 0.558. The molecule has 5 nitrogen and oxygen atoms in total. The number of hydrogen-bond donors (Lipinski definition) is 1. The van der Waals surface area contributed by atoms with Crippen LogP contribution >= 0.6 is 0 Å². The van der Waals surface area contributed by atoms with Crippen molar-refractivity contribution in [3.8, 4) is 17.1 Å². The average molecular weight is 246 g/mol. The first kappa shape index (κ1) is 12.6. The van der Waals surface area contributed by atoms with E-state index in [9.17, 15) is 0 Å². The van der Waals surface area contributed by atoms with E-state index < -0.39 is 0 Å². The van der Waals surface area contributed by atoms with Gasteiger partial charge in [0.25, 0.3) is 0 Å². The van der Waals surface area contributed by atoms with Gasteiger partial charge in [0.15, 0.2) is 11.6 Å². The Labute approximate surface area is 107 Å². The number of aryl methyl sites for hydroxylation is 1. The van der Waals surface area contributed by atoms with E-state index in [1.165, 1.54) is 0 Å². The molecular weight excluding hydrogens is 228 g/mol. The van der Waals surface area contributed by atoms with Gasteiger partial charge in [-0.1, -0.05) is 12.1 Å². The lowest BCUT2D eigenvalue weighted by Gasteiger charge is -2.05. The van der Waals surface area contributed by atoms with Crippen molar-refractivity contribution >= 4 is 0 Å². The van der Waals surface area contributed by atoms with Crippen molar-refractivity contribution in [3.05, 3.63) is 30.1 Å². The van der Waals surface area contributed by atoms with E-state index in [2.05, 4.69) is 10.1 Å². The van der Waals surface area contributed by atoms with Gasteiger partial charge in [0.05, 0.1) is 6.61 Å². The minimum absolute atomic E-state index is 0.558. The molecule has 0 aliphatic carbocycles. The molecule has 0 saturated carbocycles. The molecule has 96 valence electrons. The molecule has 18 heavy (non-hydrogen) atoms. The molecule has 0 aliphatic heterocycles. The molecule has 0 aliphatic rings. The highest BCUT2D eigenvalue weighted by Crippen LogP contribution is 2.22. The van der Waals surface area contributed by atoms with E-state index in [1.54, 1.807) is 4.68 Å². The summed E-state index contributed by atoms with van der Waals surface area (Å²) >= 11 is 0. The lowest BCUT2D eigenvalue weighted by atomic mass is 10.2. The first-order valence-electron chi connectivity index (χ1n) is 6.07. The highest BCUT2D eigenvalue weighted by Gasteiger charge is 2.09. The Morgan fingerprint density at radius 2 is 2.22 bits per heavy atom. The number of nitrogens with zero attached hydrogens (tertiary/aromatic N) is 3. The van der Waals surface area contributed by atoms with Gasteiger partial charge in [0, 0.05) is 19.0 Å². The first-order chi connectivity index (χ1) is 8.74. The number of rotatable bonds is 5. The van der Waals surface area contributed by atoms with E-state index >= 15 is 0 Å². The zero-order valence-electron chi connectivity index (χ0n) is 10.8. The zero-order chi connectivity index (χ0) is 13.0. The molecule has 0 spiro atoms. The maximum Gasteiger partial charge on any atom is 0.158 e. The maximum absolute atomic E-state index is 5.51. The molecule has 1 aromatic heterocycles. The number of aromatic nitrogens is 3. The molecule has 2 N–H and O–H groups in total. The van der Waals surface area contributed by atoms with Gasteiger partial charge in [0.2, 0.25) is 0 Å². The molecule has 1 aromatic carbocycles. The Hall–Kier alpha value is -1.88. The van der Waals surface area contributed by atoms with E-state index in [1.807, 2.05) is 38.2 Å². The average Bonchev–Trinajstić information content (AvgIpc) is 2.72. The highest BCUT2D eigenvalue weighted by molar-refractivity contribution is 5.57. The summed E-state index contributed by atoms with van der Waals surface area (Å²) in [5.74, 6) is 2.45. The molecule has 2 rings (SSSR count). The molecule has 5 heteroatoms.